The van der Waals surface area contributed by atoms with Gasteiger partial charge in [-0.05, 0) is 43.2 Å². The molecule has 1 saturated heterocycles. The summed E-state index contributed by atoms with van der Waals surface area (Å²) < 4.78 is 34.4. The number of hydrogen-bond donors (Lipinski definition) is 1. The van der Waals surface area contributed by atoms with Gasteiger partial charge in [-0.15, -0.1) is 11.3 Å². The fourth-order valence-corrected chi connectivity index (χ4v) is 6.03. The van der Waals surface area contributed by atoms with Crippen LogP contribution in [0.1, 0.15) is 30.7 Å². The molecule has 1 N–H and O–H groups in total. The summed E-state index contributed by atoms with van der Waals surface area (Å²) in [6, 6.07) is 13.0. The summed E-state index contributed by atoms with van der Waals surface area (Å²) in [6.07, 6.45) is 4.00. The van der Waals surface area contributed by atoms with Gasteiger partial charge in [0.15, 0.2) is 0 Å². The second-order valence-electron chi connectivity index (χ2n) is 7.11. The van der Waals surface area contributed by atoms with E-state index in [9.17, 15) is 8.42 Å². The Morgan fingerprint density at radius 2 is 1.86 bits per heavy atom. The lowest BCUT2D eigenvalue weighted by molar-refractivity contribution is 0.414. The second-order valence-corrected chi connectivity index (χ2v) is 10.2. The molecule has 154 valence electrons. The predicted molar refractivity (Wildman–Crippen MR) is 117 cm³/mol. The molecule has 0 amide bonds. The number of nitrogens with zero attached hydrogens (tertiary/aromatic N) is 2. The van der Waals surface area contributed by atoms with Gasteiger partial charge in [0.2, 0.25) is 10.0 Å². The Morgan fingerprint density at radius 1 is 1.10 bits per heavy atom. The molecule has 3 aromatic rings. The summed E-state index contributed by atoms with van der Waals surface area (Å²) in [5.41, 5.74) is 1.63. The highest BCUT2D eigenvalue weighted by molar-refractivity contribution is 7.89. The van der Waals surface area contributed by atoms with Crippen molar-refractivity contribution in [2.45, 2.75) is 37.1 Å². The third-order valence-corrected chi connectivity index (χ3v) is 8.07. The molecule has 1 fully saturated rings. The molecule has 1 aliphatic heterocycles. The van der Waals surface area contributed by atoms with E-state index in [1.165, 1.54) is 0 Å². The van der Waals surface area contributed by atoms with Gasteiger partial charge in [-0.2, -0.15) is 4.31 Å². The topological polar surface area (TPSA) is 71.5 Å². The zero-order chi connectivity index (χ0) is 20.3. The van der Waals surface area contributed by atoms with Crippen molar-refractivity contribution in [1.29, 1.82) is 0 Å². The van der Waals surface area contributed by atoms with Crippen molar-refractivity contribution in [2.24, 2.45) is 0 Å². The number of hydrogen-bond acceptors (Lipinski definition) is 6. The number of fused-ring (bicyclic) bond motifs is 1. The van der Waals surface area contributed by atoms with E-state index in [1.807, 2.05) is 24.3 Å². The van der Waals surface area contributed by atoms with E-state index in [4.69, 9.17) is 4.74 Å². The molecule has 0 aliphatic carbocycles. The number of methoxy groups -OCH3 is 1. The first-order valence-electron chi connectivity index (χ1n) is 9.84. The Hall–Kier alpha value is -2.16. The molecule has 0 unspecified atom stereocenters. The summed E-state index contributed by atoms with van der Waals surface area (Å²) in [7, 11) is -1.93. The van der Waals surface area contributed by atoms with Gasteiger partial charge in [0.25, 0.3) is 0 Å². The Morgan fingerprint density at radius 3 is 2.59 bits per heavy atom. The van der Waals surface area contributed by atoms with Crippen LogP contribution in [0.3, 0.4) is 0 Å². The van der Waals surface area contributed by atoms with Gasteiger partial charge in [0, 0.05) is 13.1 Å². The van der Waals surface area contributed by atoms with Crippen LogP contribution in [0.5, 0.6) is 5.75 Å². The molecular formula is C21H25N3O3S2. The molecule has 2 heterocycles. The molecule has 8 heteroatoms. The van der Waals surface area contributed by atoms with E-state index in [-0.39, 0.29) is 0 Å². The number of nitrogens with one attached hydrogen (secondary N) is 1. The standard InChI is InChI=1S/C21H25N3O3S2/c1-27-19-11-10-16(29(25,26)24-12-6-2-3-7-13-24)14-18(19)22-15-21-23-17-8-4-5-9-20(17)28-21/h4-5,8-11,14,22H,2-3,6-7,12-13,15H2,1H3. The van der Waals surface area contributed by atoms with Gasteiger partial charge in [-0.1, -0.05) is 25.0 Å². The highest BCUT2D eigenvalue weighted by atomic mass is 32.2. The predicted octanol–water partition coefficient (Wildman–Crippen LogP) is 4.48. The number of benzene rings is 2. The molecule has 0 spiro atoms. The normalized spacial score (nSPS) is 15.9. The zero-order valence-electron chi connectivity index (χ0n) is 16.4. The minimum absolute atomic E-state index is 0.298. The summed E-state index contributed by atoms with van der Waals surface area (Å²) in [4.78, 5) is 4.93. The molecule has 1 aromatic heterocycles. The van der Waals surface area contributed by atoms with Crippen molar-refractivity contribution in [1.82, 2.24) is 9.29 Å². The number of ether oxygens (including phenoxy) is 1. The highest BCUT2D eigenvalue weighted by Gasteiger charge is 2.26. The molecule has 0 atom stereocenters. The molecule has 4 rings (SSSR count). The van der Waals surface area contributed by atoms with Crippen LogP contribution in [0.4, 0.5) is 5.69 Å². The quantitative estimate of drug-likeness (QED) is 0.623. The summed E-state index contributed by atoms with van der Waals surface area (Å²) in [5, 5.41) is 4.25. The Bertz CT molecular complexity index is 1050. The van der Waals surface area contributed by atoms with E-state index < -0.39 is 10.0 Å². The minimum Gasteiger partial charge on any atom is -0.495 e. The minimum atomic E-state index is -3.51. The summed E-state index contributed by atoms with van der Waals surface area (Å²) in [5.74, 6) is 0.612. The number of rotatable bonds is 6. The number of para-hydroxylation sites is 1. The maximum atomic E-state index is 13.1. The summed E-state index contributed by atoms with van der Waals surface area (Å²) in [6.45, 7) is 1.68. The van der Waals surface area contributed by atoms with Gasteiger partial charge < -0.3 is 10.1 Å². The molecule has 6 nitrogen and oxygen atoms in total. The van der Waals surface area contributed by atoms with Crippen molar-refractivity contribution in [3.63, 3.8) is 0 Å². The fraction of sp³-hybridized carbons (Fsp3) is 0.381. The largest absolute Gasteiger partial charge is 0.495 e. The van der Waals surface area contributed by atoms with Gasteiger partial charge in [0.1, 0.15) is 10.8 Å². The van der Waals surface area contributed by atoms with E-state index in [1.54, 1.807) is 41.0 Å². The third kappa shape index (κ3) is 4.39. The van der Waals surface area contributed by atoms with E-state index in [0.717, 1.165) is 40.9 Å². The van der Waals surface area contributed by atoms with Gasteiger partial charge >= 0.3 is 0 Å². The Balaban J connectivity index is 1.57. The number of sulfonamides is 1. The second kappa shape index (κ2) is 8.69. The van der Waals surface area contributed by atoms with E-state index >= 15 is 0 Å². The van der Waals surface area contributed by atoms with Crippen molar-refractivity contribution >= 4 is 37.3 Å². The molecule has 29 heavy (non-hydrogen) atoms. The van der Waals surface area contributed by atoms with Gasteiger partial charge in [0.05, 0.1) is 34.5 Å². The lowest BCUT2D eigenvalue weighted by atomic mass is 10.2. The van der Waals surface area contributed by atoms with E-state index in [0.29, 0.717) is 36.0 Å². The molecule has 0 bridgehead atoms. The molecule has 1 aliphatic rings. The van der Waals surface area contributed by atoms with Crippen LogP contribution in [0, 0.1) is 0 Å². The first-order valence-corrected chi connectivity index (χ1v) is 12.1. The third-order valence-electron chi connectivity index (χ3n) is 5.14. The maximum Gasteiger partial charge on any atom is 0.243 e. The van der Waals surface area contributed by atoms with Crippen molar-refractivity contribution in [3.05, 3.63) is 47.5 Å². The Kier molecular flexibility index (Phi) is 6.03. The Labute approximate surface area is 175 Å². The molecular weight excluding hydrogens is 406 g/mol. The van der Waals surface area contributed by atoms with Gasteiger partial charge in [-0.25, -0.2) is 13.4 Å². The lowest BCUT2D eigenvalue weighted by Crippen LogP contribution is -2.32. The SMILES string of the molecule is COc1ccc(S(=O)(=O)N2CCCCCC2)cc1NCc1nc2ccccc2s1. The van der Waals surface area contributed by atoms with Crippen LogP contribution < -0.4 is 10.1 Å². The number of anilines is 1. The van der Waals surface area contributed by atoms with Crippen LogP contribution in [0.2, 0.25) is 0 Å². The first-order chi connectivity index (χ1) is 14.1. The number of thiazole rings is 1. The first kappa shape index (κ1) is 20.1. The van der Waals surface area contributed by atoms with E-state index in [2.05, 4.69) is 10.3 Å². The molecule has 2 aromatic carbocycles. The number of aromatic nitrogens is 1. The summed E-state index contributed by atoms with van der Waals surface area (Å²) >= 11 is 1.62. The molecule has 0 saturated carbocycles. The molecule has 0 radical (unpaired) electrons. The van der Waals surface area contributed by atoms with Gasteiger partial charge in [-0.3, -0.25) is 0 Å². The average Bonchev–Trinajstić information content (AvgIpc) is 2.94. The fourth-order valence-electron chi connectivity index (χ4n) is 3.58. The lowest BCUT2D eigenvalue weighted by Gasteiger charge is -2.21. The van der Waals surface area contributed by atoms with Crippen LogP contribution >= 0.6 is 11.3 Å². The van der Waals surface area contributed by atoms with Crippen molar-refractivity contribution in [2.75, 3.05) is 25.5 Å². The zero-order valence-corrected chi connectivity index (χ0v) is 18.1. The highest BCUT2D eigenvalue weighted by Crippen LogP contribution is 2.31. The maximum absolute atomic E-state index is 13.1. The van der Waals surface area contributed by atoms with Crippen LogP contribution in [0.15, 0.2) is 47.4 Å². The van der Waals surface area contributed by atoms with Crippen molar-refractivity contribution in [3.8, 4) is 5.75 Å². The van der Waals surface area contributed by atoms with Crippen LogP contribution in [0.25, 0.3) is 10.2 Å². The smallest absolute Gasteiger partial charge is 0.243 e. The average molecular weight is 432 g/mol. The monoisotopic (exact) mass is 431 g/mol. The van der Waals surface area contributed by atoms with Crippen LogP contribution in [-0.2, 0) is 16.6 Å². The van der Waals surface area contributed by atoms with Crippen molar-refractivity contribution < 1.29 is 13.2 Å². The van der Waals surface area contributed by atoms with Crippen LogP contribution in [-0.4, -0.2) is 37.9 Å².